The Balaban J connectivity index is 0. The molecule has 0 aromatic heterocycles. The lowest BCUT2D eigenvalue weighted by Gasteiger charge is -2.02. The first kappa shape index (κ1) is 12.4. The van der Waals surface area contributed by atoms with E-state index in [2.05, 4.69) is 4.74 Å². The monoisotopic (exact) mass is 169 g/mol. The second-order valence-electron chi connectivity index (χ2n) is 1.73. The zero-order valence-corrected chi connectivity index (χ0v) is 6.56. The number of carbonyl (C=O) groups is 1. The van der Waals surface area contributed by atoms with Crippen LogP contribution in [0.4, 0.5) is 0 Å². The molecular weight excluding hydrogens is 158 g/mol. The van der Waals surface area contributed by atoms with Gasteiger partial charge < -0.3 is 15.6 Å². The average molecular weight is 170 g/mol. The first-order valence-corrected chi connectivity index (χ1v) is 2.65. The number of halogens is 1. The zero-order valence-electron chi connectivity index (χ0n) is 5.74. The van der Waals surface area contributed by atoms with Crippen molar-refractivity contribution in [1.29, 1.82) is 0 Å². The summed E-state index contributed by atoms with van der Waals surface area (Å²) < 4.78 is 4.62. The van der Waals surface area contributed by atoms with Crippen molar-refractivity contribution in [2.24, 2.45) is 5.73 Å². The van der Waals surface area contributed by atoms with Gasteiger partial charge in [-0.15, -0.1) is 12.4 Å². The summed E-state index contributed by atoms with van der Waals surface area (Å²) in [5.41, 5.74) is 5.12. The van der Waals surface area contributed by atoms with Crippen LogP contribution in [0.2, 0.25) is 0 Å². The number of hydrogen-bond donors (Lipinski definition) is 2. The van der Waals surface area contributed by atoms with E-state index >= 15 is 0 Å². The minimum absolute atomic E-state index is 0. The summed E-state index contributed by atoms with van der Waals surface area (Å²) >= 11 is 0. The molecule has 0 aromatic carbocycles. The van der Waals surface area contributed by atoms with Gasteiger partial charge in [0.05, 0.1) is 0 Å². The van der Waals surface area contributed by atoms with Gasteiger partial charge in [0.25, 0.3) is 0 Å². The molecule has 0 amide bonds. The second-order valence-corrected chi connectivity index (χ2v) is 1.73. The Morgan fingerprint density at radius 1 is 1.80 bits per heavy atom. The van der Waals surface area contributed by atoms with E-state index in [1.54, 1.807) is 0 Å². The van der Waals surface area contributed by atoms with Crippen molar-refractivity contribution < 1.29 is 14.6 Å². The molecule has 0 radical (unpaired) electrons. The smallest absolute Gasteiger partial charge is 0.320 e. The Morgan fingerprint density at radius 3 is 2.60 bits per heavy atom. The highest BCUT2D eigenvalue weighted by Gasteiger charge is 2.09. The number of methoxy groups -OCH3 is 1. The van der Waals surface area contributed by atoms with Gasteiger partial charge in [-0.05, 0) is 6.42 Å². The SMILES string of the molecule is COCC[C@H](N)C(=O)O.Cl. The van der Waals surface area contributed by atoms with E-state index in [1.807, 2.05) is 0 Å². The molecule has 0 saturated heterocycles. The van der Waals surface area contributed by atoms with Crippen LogP contribution >= 0.6 is 12.4 Å². The third-order valence-corrected chi connectivity index (χ3v) is 0.950. The number of aliphatic carboxylic acids is 1. The normalized spacial score (nSPS) is 11.8. The highest BCUT2D eigenvalue weighted by atomic mass is 35.5. The van der Waals surface area contributed by atoms with Crippen molar-refractivity contribution in [2.45, 2.75) is 12.5 Å². The fourth-order valence-corrected chi connectivity index (χ4v) is 0.368. The van der Waals surface area contributed by atoms with E-state index in [0.717, 1.165) is 0 Å². The maximum atomic E-state index is 10.0. The van der Waals surface area contributed by atoms with Crippen LogP contribution in [0.25, 0.3) is 0 Å². The molecule has 3 N–H and O–H groups in total. The number of carboxylic acids is 1. The lowest BCUT2D eigenvalue weighted by Crippen LogP contribution is -2.31. The molecule has 0 heterocycles. The standard InChI is InChI=1S/C5H11NO3.ClH/c1-9-3-2-4(6)5(7)8;/h4H,2-3,6H2,1H3,(H,7,8);1H/t4-;/m0./s1. The molecule has 0 fully saturated rings. The van der Waals surface area contributed by atoms with Crippen LogP contribution in [0.1, 0.15) is 6.42 Å². The number of nitrogens with two attached hydrogens (primary N) is 1. The zero-order chi connectivity index (χ0) is 7.28. The minimum Gasteiger partial charge on any atom is -0.480 e. The third-order valence-electron chi connectivity index (χ3n) is 0.950. The van der Waals surface area contributed by atoms with Crippen LogP contribution in [-0.4, -0.2) is 30.8 Å². The summed E-state index contributed by atoms with van der Waals surface area (Å²) in [5.74, 6) is -0.980. The number of hydrogen-bond acceptors (Lipinski definition) is 3. The molecule has 0 rings (SSSR count). The van der Waals surface area contributed by atoms with E-state index in [1.165, 1.54) is 7.11 Å². The lowest BCUT2D eigenvalue weighted by molar-refractivity contribution is -0.138. The van der Waals surface area contributed by atoms with Crippen LogP contribution in [0, 0.1) is 0 Å². The fourth-order valence-electron chi connectivity index (χ4n) is 0.368. The van der Waals surface area contributed by atoms with Crippen molar-refractivity contribution in [3.63, 3.8) is 0 Å². The third kappa shape index (κ3) is 5.81. The second kappa shape index (κ2) is 6.80. The van der Waals surface area contributed by atoms with Gasteiger partial charge >= 0.3 is 5.97 Å². The molecule has 0 saturated carbocycles. The van der Waals surface area contributed by atoms with Crippen LogP contribution in [-0.2, 0) is 9.53 Å². The molecular formula is C5H12ClNO3. The van der Waals surface area contributed by atoms with Gasteiger partial charge in [-0.1, -0.05) is 0 Å². The van der Waals surface area contributed by atoms with Crippen molar-refractivity contribution in [3.05, 3.63) is 0 Å². The van der Waals surface area contributed by atoms with Gasteiger partial charge in [-0.2, -0.15) is 0 Å². The molecule has 4 nitrogen and oxygen atoms in total. The molecule has 5 heteroatoms. The molecule has 1 atom stereocenters. The fraction of sp³-hybridized carbons (Fsp3) is 0.800. The molecule has 62 valence electrons. The first-order chi connectivity index (χ1) is 4.18. The molecule has 10 heavy (non-hydrogen) atoms. The van der Waals surface area contributed by atoms with Gasteiger partial charge in [-0.25, -0.2) is 0 Å². The first-order valence-electron chi connectivity index (χ1n) is 2.65. The van der Waals surface area contributed by atoms with Crippen LogP contribution < -0.4 is 5.73 Å². The van der Waals surface area contributed by atoms with Gasteiger partial charge in [0, 0.05) is 13.7 Å². The Hall–Kier alpha value is -0.320. The van der Waals surface area contributed by atoms with Crippen molar-refractivity contribution in [1.82, 2.24) is 0 Å². The Kier molecular flexibility index (Phi) is 8.40. The van der Waals surface area contributed by atoms with Crippen LogP contribution in [0.15, 0.2) is 0 Å². The van der Waals surface area contributed by atoms with E-state index < -0.39 is 12.0 Å². The van der Waals surface area contributed by atoms with Crippen LogP contribution in [0.5, 0.6) is 0 Å². The molecule has 0 bridgehead atoms. The molecule has 0 unspecified atom stereocenters. The summed E-state index contributed by atoms with van der Waals surface area (Å²) in [6, 6.07) is -0.787. The van der Waals surface area contributed by atoms with Crippen molar-refractivity contribution in [2.75, 3.05) is 13.7 Å². The Morgan fingerprint density at radius 2 is 2.30 bits per heavy atom. The van der Waals surface area contributed by atoms with Crippen molar-refractivity contribution >= 4 is 18.4 Å². The van der Waals surface area contributed by atoms with Crippen molar-refractivity contribution in [3.8, 4) is 0 Å². The Bertz CT molecular complexity index is 98.9. The summed E-state index contributed by atoms with van der Waals surface area (Å²) in [6.45, 7) is 0.396. The van der Waals surface area contributed by atoms with E-state index in [0.29, 0.717) is 13.0 Å². The number of carboxylic acid groups (broad SMARTS) is 1. The van der Waals surface area contributed by atoms with Gasteiger partial charge in [0.15, 0.2) is 0 Å². The van der Waals surface area contributed by atoms with Crippen LogP contribution in [0.3, 0.4) is 0 Å². The van der Waals surface area contributed by atoms with Gasteiger partial charge in [0.1, 0.15) is 6.04 Å². The predicted molar refractivity (Wildman–Crippen MR) is 39.4 cm³/mol. The molecule has 0 aliphatic carbocycles. The van der Waals surface area contributed by atoms with Gasteiger partial charge in [0.2, 0.25) is 0 Å². The summed E-state index contributed by atoms with van der Waals surface area (Å²) in [5, 5.41) is 8.23. The molecule has 0 aliphatic heterocycles. The lowest BCUT2D eigenvalue weighted by atomic mass is 10.2. The van der Waals surface area contributed by atoms with E-state index in [4.69, 9.17) is 10.8 Å². The quantitative estimate of drug-likeness (QED) is 0.614. The summed E-state index contributed by atoms with van der Waals surface area (Å²) in [6.07, 6.45) is 0.367. The molecule has 0 aromatic rings. The maximum Gasteiger partial charge on any atom is 0.320 e. The molecule has 0 aliphatic rings. The molecule has 0 spiro atoms. The predicted octanol–water partition coefficient (Wildman–Crippen LogP) is -0.143. The highest BCUT2D eigenvalue weighted by Crippen LogP contribution is 1.86. The summed E-state index contributed by atoms with van der Waals surface area (Å²) in [4.78, 5) is 10.0. The number of ether oxygens (including phenoxy) is 1. The average Bonchev–Trinajstić information content (AvgIpc) is 1.82. The topological polar surface area (TPSA) is 72.5 Å². The highest BCUT2D eigenvalue weighted by molar-refractivity contribution is 5.85. The number of rotatable bonds is 4. The van der Waals surface area contributed by atoms with E-state index in [9.17, 15) is 4.79 Å². The minimum atomic E-state index is -0.980. The van der Waals surface area contributed by atoms with E-state index in [-0.39, 0.29) is 12.4 Å². The Labute approximate surface area is 65.8 Å². The summed E-state index contributed by atoms with van der Waals surface area (Å²) in [7, 11) is 1.51. The maximum absolute atomic E-state index is 10.0. The van der Waals surface area contributed by atoms with Gasteiger partial charge in [-0.3, -0.25) is 4.79 Å². The largest absolute Gasteiger partial charge is 0.480 e.